The van der Waals surface area contributed by atoms with Crippen LogP contribution >= 0.6 is 0 Å². The number of alkyl halides is 3. The number of aromatic nitrogens is 2. The maximum Gasteiger partial charge on any atom is 0.573 e. The fraction of sp³-hybridized carbons (Fsp3) is 0.321. The van der Waals surface area contributed by atoms with Crippen LogP contribution in [0.5, 0.6) is 5.75 Å². The van der Waals surface area contributed by atoms with Crippen molar-refractivity contribution in [2.75, 3.05) is 38.7 Å². The Morgan fingerprint density at radius 2 is 1.70 bits per heavy atom. The molecule has 3 aromatic carbocycles. The van der Waals surface area contributed by atoms with Gasteiger partial charge >= 0.3 is 6.36 Å². The molecule has 1 atom stereocenters. The Bertz CT molecular complexity index is 1340. The van der Waals surface area contributed by atoms with Gasteiger partial charge in [0, 0.05) is 46.0 Å². The van der Waals surface area contributed by atoms with E-state index in [-0.39, 0.29) is 11.9 Å². The van der Waals surface area contributed by atoms with Crippen molar-refractivity contribution >= 4 is 16.7 Å². The molecule has 194 valence electrons. The largest absolute Gasteiger partial charge is 0.573 e. The number of anilines is 1. The highest BCUT2D eigenvalue weighted by Gasteiger charge is 2.31. The zero-order valence-electron chi connectivity index (χ0n) is 20.8. The molecule has 9 heteroatoms. The molecule has 1 aliphatic rings. The SMILES string of the molecule is CN(C)c1ccc2c(c1)nc(C1CN(Cc3ccccc3)CCO1)n2Cc1ccc(OC(F)(F)F)cc1. The Kier molecular flexibility index (Phi) is 7.08. The van der Waals surface area contributed by atoms with Crippen LogP contribution in [0.25, 0.3) is 11.0 Å². The standard InChI is InChI=1S/C28H29F3N4O2/c1-33(2)22-10-13-25-24(16-22)32-27(26-19-34(14-15-36-26)17-20-6-4-3-5-7-20)35(25)18-21-8-11-23(12-9-21)37-28(29,30)31/h3-13,16,26H,14-15,17-19H2,1-2H3. The second-order valence-corrected chi connectivity index (χ2v) is 9.40. The average molecular weight is 511 g/mol. The fourth-order valence-corrected chi connectivity index (χ4v) is 4.65. The molecule has 1 fully saturated rings. The van der Waals surface area contributed by atoms with Gasteiger partial charge in [-0.25, -0.2) is 4.98 Å². The van der Waals surface area contributed by atoms with E-state index >= 15 is 0 Å². The smallest absolute Gasteiger partial charge is 0.406 e. The van der Waals surface area contributed by atoms with E-state index in [1.165, 1.54) is 17.7 Å². The summed E-state index contributed by atoms with van der Waals surface area (Å²) in [4.78, 5) is 9.38. The zero-order valence-corrected chi connectivity index (χ0v) is 20.8. The molecular formula is C28H29F3N4O2. The molecule has 1 aromatic heterocycles. The number of hydrogen-bond acceptors (Lipinski definition) is 5. The Labute approximate surface area is 213 Å². The van der Waals surface area contributed by atoms with Crippen LogP contribution in [-0.2, 0) is 17.8 Å². The molecule has 4 aromatic rings. The van der Waals surface area contributed by atoms with Gasteiger partial charge in [-0.3, -0.25) is 4.90 Å². The van der Waals surface area contributed by atoms with Gasteiger partial charge in [-0.05, 0) is 41.5 Å². The van der Waals surface area contributed by atoms with Gasteiger partial charge in [0.2, 0.25) is 0 Å². The van der Waals surface area contributed by atoms with Crippen LogP contribution in [-0.4, -0.2) is 54.6 Å². The van der Waals surface area contributed by atoms with Crippen molar-refractivity contribution in [3.8, 4) is 5.75 Å². The summed E-state index contributed by atoms with van der Waals surface area (Å²) < 4.78 is 50.1. The average Bonchev–Trinajstić information content (AvgIpc) is 3.23. The third-order valence-electron chi connectivity index (χ3n) is 6.46. The monoisotopic (exact) mass is 510 g/mol. The minimum absolute atomic E-state index is 0.236. The maximum absolute atomic E-state index is 12.6. The summed E-state index contributed by atoms with van der Waals surface area (Å²) in [5.41, 5.74) is 4.91. The minimum Gasteiger partial charge on any atom is -0.406 e. The van der Waals surface area contributed by atoms with Crippen LogP contribution in [0.1, 0.15) is 23.1 Å². The lowest BCUT2D eigenvalue weighted by molar-refractivity contribution is -0.274. The van der Waals surface area contributed by atoms with Gasteiger partial charge in [0.15, 0.2) is 0 Å². The lowest BCUT2D eigenvalue weighted by Gasteiger charge is -2.33. The maximum atomic E-state index is 12.6. The van der Waals surface area contributed by atoms with Crippen molar-refractivity contribution in [1.82, 2.24) is 14.5 Å². The molecule has 1 saturated heterocycles. The number of imidazole rings is 1. The molecule has 0 radical (unpaired) electrons. The third kappa shape index (κ3) is 6.06. The Morgan fingerprint density at radius 1 is 0.973 bits per heavy atom. The number of fused-ring (bicyclic) bond motifs is 1. The molecule has 0 saturated carbocycles. The number of nitrogens with zero attached hydrogens (tertiary/aromatic N) is 4. The van der Waals surface area contributed by atoms with Gasteiger partial charge in [-0.1, -0.05) is 42.5 Å². The van der Waals surface area contributed by atoms with Crippen LogP contribution in [0.15, 0.2) is 72.8 Å². The van der Waals surface area contributed by atoms with E-state index in [0.717, 1.165) is 41.2 Å². The number of benzene rings is 3. The molecular weight excluding hydrogens is 481 g/mol. The number of halogens is 3. The normalized spacial score (nSPS) is 16.7. The molecule has 2 heterocycles. The first-order chi connectivity index (χ1) is 17.7. The number of morpholine rings is 1. The van der Waals surface area contributed by atoms with E-state index in [4.69, 9.17) is 9.72 Å². The van der Waals surface area contributed by atoms with Gasteiger partial charge < -0.3 is 18.9 Å². The summed E-state index contributed by atoms with van der Waals surface area (Å²) in [5, 5.41) is 0. The lowest BCUT2D eigenvalue weighted by atomic mass is 10.1. The molecule has 5 rings (SSSR count). The predicted octanol–water partition coefficient (Wildman–Crippen LogP) is 5.62. The van der Waals surface area contributed by atoms with Gasteiger partial charge in [-0.15, -0.1) is 13.2 Å². The predicted molar refractivity (Wildman–Crippen MR) is 137 cm³/mol. The van der Waals surface area contributed by atoms with E-state index < -0.39 is 6.36 Å². The van der Waals surface area contributed by atoms with Crippen LogP contribution in [0, 0.1) is 0 Å². The molecule has 0 aliphatic carbocycles. The number of rotatable bonds is 7. The second-order valence-electron chi connectivity index (χ2n) is 9.40. The van der Waals surface area contributed by atoms with Crippen LogP contribution < -0.4 is 9.64 Å². The number of hydrogen-bond donors (Lipinski definition) is 0. The summed E-state index contributed by atoms with van der Waals surface area (Å²) in [7, 11) is 3.96. The van der Waals surface area contributed by atoms with Crippen LogP contribution in [0.4, 0.5) is 18.9 Å². The number of ether oxygens (including phenoxy) is 2. The van der Waals surface area contributed by atoms with Crippen molar-refractivity contribution in [2.45, 2.75) is 25.6 Å². The second kappa shape index (κ2) is 10.4. The summed E-state index contributed by atoms with van der Waals surface area (Å²) >= 11 is 0. The van der Waals surface area contributed by atoms with Gasteiger partial charge in [-0.2, -0.15) is 0 Å². The first-order valence-electron chi connectivity index (χ1n) is 12.2. The summed E-state index contributed by atoms with van der Waals surface area (Å²) in [6.45, 7) is 3.38. The first-order valence-corrected chi connectivity index (χ1v) is 12.2. The molecule has 0 bridgehead atoms. The van der Waals surface area contributed by atoms with E-state index in [2.05, 4.69) is 26.3 Å². The summed E-state index contributed by atoms with van der Waals surface area (Å²) in [6.07, 6.45) is -4.95. The molecule has 37 heavy (non-hydrogen) atoms. The van der Waals surface area contributed by atoms with Crippen LogP contribution in [0.3, 0.4) is 0 Å². The van der Waals surface area contributed by atoms with Crippen molar-refractivity contribution in [2.24, 2.45) is 0 Å². The van der Waals surface area contributed by atoms with E-state index in [0.29, 0.717) is 19.7 Å². The van der Waals surface area contributed by atoms with E-state index in [9.17, 15) is 13.2 Å². The molecule has 0 amide bonds. The van der Waals surface area contributed by atoms with E-state index in [1.807, 2.05) is 55.4 Å². The van der Waals surface area contributed by atoms with Crippen molar-refractivity contribution < 1.29 is 22.6 Å². The molecule has 0 N–H and O–H groups in total. The molecule has 1 unspecified atom stereocenters. The minimum atomic E-state index is -4.72. The molecule has 0 spiro atoms. The molecule has 6 nitrogen and oxygen atoms in total. The van der Waals surface area contributed by atoms with E-state index in [1.54, 1.807) is 12.1 Å². The van der Waals surface area contributed by atoms with Gasteiger partial charge in [0.25, 0.3) is 0 Å². The van der Waals surface area contributed by atoms with Crippen molar-refractivity contribution in [3.05, 3.63) is 89.7 Å². The van der Waals surface area contributed by atoms with Crippen molar-refractivity contribution in [1.29, 1.82) is 0 Å². The highest BCUT2D eigenvalue weighted by atomic mass is 19.4. The van der Waals surface area contributed by atoms with Crippen LogP contribution in [0.2, 0.25) is 0 Å². The quantitative estimate of drug-likeness (QED) is 0.323. The topological polar surface area (TPSA) is 42.8 Å². The fourth-order valence-electron chi connectivity index (χ4n) is 4.65. The molecule has 1 aliphatic heterocycles. The summed E-state index contributed by atoms with van der Waals surface area (Å²) in [6, 6.07) is 22.4. The van der Waals surface area contributed by atoms with Crippen molar-refractivity contribution in [3.63, 3.8) is 0 Å². The van der Waals surface area contributed by atoms with Gasteiger partial charge in [0.1, 0.15) is 17.7 Å². The summed E-state index contributed by atoms with van der Waals surface area (Å²) in [5.74, 6) is 0.564. The Hall–Kier alpha value is -3.56. The highest BCUT2D eigenvalue weighted by Crippen LogP contribution is 2.30. The third-order valence-corrected chi connectivity index (χ3v) is 6.46. The Balaban J connectivity index is 1.45. The van der Waals surface area contributed by atoms with Gasteiger partial charge in [0.05, 0.1) is 17.6 Å². The lowest BCUT2D eigenvalue weighted by Crippen LogP contribution is -2.38. The highest BCUT2D eigenvalue weighted by molar-refractivity contribution is 5.80. The Morgan fingerprint density at radius 3 is 2.41 bits per heavy atom. The first kappa shape index (κ1) is 25.1. The zero-order chi connectivity index (χ0) is 26.0.